The van der Waals surface area contributed by atoms with Gasteiger partial charge in [-0.1, -0.05) is 58.4 Å². The van der Waals surface area contributed by atoms with Crippen LogP contribution in [-0.2, 0) is 4.32 Å². The van der Waals surface area contributed by atoms with Crippen LogP contribution >= 0.6 is 15.9 Å². The van der Waals surface area contributed by atoms with Gasteiger partial charge in [-0.15, -0.1) is 0 Å². The molecule has 0 aliphatic rings. The first kappa shape index (κ1) is 14.9. The maximum atomic E-state index is 13.6. The Balaban J connectivity index is 2.58. The van der Waals surface area contributed by atoms with Crippen molar-refractivity contribution in [2.24, 2.45) is 0 Å². The van der Waals surface area contributed by atoms with Crippen molar-refractivity contribution in [3.8, 4) is 5.75 Å². The van der Waals surface area contributed by atoms with Crippen LogP contribution in [0.25, 0.3) is 0 Å². The van der Waals surface area contributed by atoms with Gasteiger partial charge in [0.2, 0.25) is 0 Å². The minimum absolute atomic E-state index is 0.108. The van der Waals surface area contributed by atoms with Crippen LogP contribution in [-0.4, -0.2) is 13.3 Å². The lowest BCUT2D eigenvalue weighted by molar-refractivity contribution is -0.149. The quantitative estimate of drug-likeness (QED) is 0.720. The number of hydrogen-bond donors (Lipinski definition) is 0. The summed E-state index contributed by atoms with van der Waals surface area (Å²) in [5, 5.41) is 0. The lowest BCUT2D eigenvalue weighted by Gasteiger charge is -2.31. The fourth-order valence-corrected chi connectivity index (χ4v) is 2.51. The normalized spacial score (nSPS) is 14.7. The third-order valence-electron chi connectivity index (χ3n) is 3.05. The van der Waals surface area contributed by atoms with Crippen LogP contribution in [0.5, 0.6) is 5.75 Å². The lowest BCUT2D eigenvalue weighted by Crippen LogP contribution is -2.37. The predicted molar refractivity (Wildman–Crippen MR) is 75.2 cm³/mol. The predicted octanol–water partition coefficient (Wildman–Crippen LogP) is 4.90. The van der Waals surface area contributed by atoms with Gasteiger partial charge in [-0.25, -0.2) is 0 Å². The van der Waals surface area contributed by atoms with E-state index in [0.29, 0.717) is 5.75 Å². The molecular weight excluding hydrogens is 333 g/mol. The largest absolute Gasteiger partial charge is 0.497 e. The lowest BCUT2D eigenvalue weighted by atomic mass is 9.90. The molecule has 0 bridgehead atoms. The number of rotatable bonds is 3. The second kappa shape index (κ2) is 5.48. The van der Waals surface area contributed by atoms with E-state index < -0.39 is 10.5 Å². The van der Waals surface area contributed by atoms with Gasteiger partial charge < -0.3 is 4.74 Å². The first-order valence-electron chi connectivity index (χ1n) is 5.85. The summed E-state index contributed by atoms with van der Waals surface area (Å²) in [6.45, 7) is 0. The molecule has 106 valence electrons. The van der Waals surface area contributed by atoms with E-state index in [9.17, 15) is 13.2 Å². The van der Waals surface area contributed by atoms with Crippen LogP contribution in [0.2, 0.25) is 0 Å². The molecule has 0 aliphatic heterocycles. The highest BCUT2D eigenvalue weighted by Crippen LogP contribution is 2.51. The van der Waals surface area contributed by atoms with E-state index in [2.05, 4.69) is 15.9 Å². The number of halogens is 4. The van der Waals surface area contributed by atoms with Gasteiger partial charge in [0.15, 0.2) is 4.32 Å². The molecule has 1 unspecified atom stereocenters. The second-order valence-electron chi connectivity index (χ2n) is 4.25. The van der Waals surface area contributed by atoms with Crippen molar-refractivity contribution >= 4 is 15.9 Å². The summed E-state index contributed by atoms with van der Waals surface area (Å²) in [6.07, 6.45) is -4.47. The monoisotopic (exact) mass is 344 g/mol. The summed E-state index contributed by atoms with van der Waals surface area (Å²) in [6, 6.07) is 13.6. The molecule has 2 aromatic rings. The standard InChI is InChI=1S/C15H12BrF3O/c1-20-13-9-7-12(8-10-13)14(16,15(17,18)19)11-5-3-2-4-6-11/h2-10H,1H3. The molecule has 5 heteroatoms. The Morgan fingerprint density at radius 1 is 0.850 bits per heavy atom. The van der Waals surface area contributed by atoms with Gasteiger partial charge in [-0.05, 0) is 23.3 Å². The summed E-state index contributed by atoms with van der Waals surface area (Å²) in [5.74, 6) is 0.513. The van der Waals surface area contributed by atoms with Crippen molar-refractivity contribution in [2.45, 2.75) is 10.5 Å². The maximum Gasteiger partial charge on any atom is 0.411 e. The highest BCUT2D eigenvalue weighted by molar-refractivity contribution is 9.09. The molecule has 0 saturated heterocycles. The molecule has 0 fully saturated rings. The van der Waals surface area contributed by atoms with Gasteiger partial charge in [0.1, 0.15) is 5.75 Å². The molecule has 0 aliphatic carbocycles. The van der Waals surface area contributed by atoms with Crippen LogP contribution < -0.4 is 4.74 Å². The molecule has 0 amide bonds. The molecule has 2 aromatic carbocycles. The molecule has 0 heterocycles. The molecule has 2 rings (SSSR count). The van der Waals surface area contributed by atoms with Crippen molar-refractivity contribution in [3.05, 3.63) is 65.7 Å². The van der Waals surface area contributed by atoms with Crippen molar-refractivity contribution in [2.75, 3.05) is 7.11 Å². The van der Waals surface area contributed by atoms with E-state index in [-0.39, 0.29) is 11.1 Å². The maximum absolute atomic E-state index is 13.6. The zero-order valence-corrected chi connectivity index (χ0v) is 12.2. The van der Waals surface area contributed by atoms with Crippen LogP contribution in [0.3, 0.4) is 0 Å². The molecule has 0 N–H and O–H groups in total. The summed E-state index contributed by atoms with van der Waals surface area (Å²) in [7, 11) is 1.47. The van der Waals surface area contributed by atoms with E-state index in [0.717, 1.165) is 0 Å². The van der Waals surface area contributed by atoms with Crippen molar-refractivity contribution in [1.29, 1.82) is 0 Å². The van der Waals surface area contributed by atoms with E-state index >= 15 is 0 Å². The average Bonchev–Trinajstić information content (AvgIpc) is 2.46. The van der Waals surface area contributed by atoms with E-state index in [1.54, 1.807) is 18.2 Å². The Hall–Kier alpha value is -1.49. The third kappa shape index (κ3) is 2.54. The van der Waals surface area contributed by atoms with E-state index in [1.165, 1.54) is 43.5 Å². The number of alkyl halides is 4. The Labute approximate surface area is 123 Å². The molecule has 20 heavy (non-hydrogen) atoms. The van der Waals surface area contributed by atoms with E-state index in [4.69, 9.17) is 4.74 Å². The average molecular weight is 345 g/mol. The minimum atomic E-state index is -4.47. The number of ether oxygens (including phenoxy) is 1. The van der Waals surface area contributed by atoms with Gasteiger partial charge in [0.25, 0.3) is 0 Å². The SMILES string of the molecule is COc1ccc(C(Br)(c2ccccc2)C(F)(F)F)cc1. The van der Waals surface area contributed by atoms with Crippen LogP contribution in [0.1, 0.15) is 11.1 Å². The molecule has 1 nitrogen and oxygen atoms in total. The first-order valence-corrected chi connectivity index (χ1v) is 6.64. The van der Waals surface area contributed by atoms with Crippen LogP contribution in [0.4, 0.5) is 13.2 Å². The zero-order chi connectivity index (χ0) is 14.8. The summed E-state index contributed by atoms with van der Waals surface area (Å²) < 4.78 is 43.5. The molecule has 1 atom stereocenters. The summed E-state index contributed by atoms with van der Waals surface area (Å²) in [4.78, 5) is 0. The van der Waals surface area contributed by atoms with Gasteiger partial charge in [-0.2, -0.15) is 13.2 Å². The molecule has 0 saturated carbocycles. The van der Waals surface area contributed by atoms with Crippen molar-refractivity contribution in [1.82, 2.24) is 0 Å². The Kier molecular flexibility index (Phi) is 4.09. The van der Waals surface area contributed by atoms with Crippen LogP contribution in [0.15, 0.2) is 54.6 Å². The van der Waals surface area contributed by atoms with Crippen molar-refractivity contribution in [3.63, 3.8) is 0 Å². The Morgan fingerprint density at radius 2 is 1.35 bits per heavy atom. The highest BCUT2D eigenvalue weighted by atomic mass is 79.9. The van der Waals surface area contributed by atoms with Crippen LogP contribution in [0, 0.1) is 0 Å². The summed E-state index contributed by atoms with van der Waals surface area (Å²) in [5.41, 5.74) is 0.245. The Bertz CT molecular complexity index is 566. The molecule has 0 spiro atoms. The fourth-order valence-electron chi connectivity index (χ4n) is 1.98. The first-order chi connectivity index (χ1) is 9.39. The fraction of sp³-hybridized carbons (Fsp3) is 0.200. The molecular formula is C15H12BrF3O. The van der Waals surface area contributed by atoms with Gasteiger partial charge >= 0.3 is 6.18 Å². The highest BCUT2D eigenvalue weighted by Gasteiger charge is 2.55. The van der Waals surface area contributed by atoms with Gasteiger partial charge in [-0.3, -0.25) is 0 Å². The van der Waals surface area contributed by atoms with E-state index in [1.807, 2.05) is 0 Å². The molecule has 0 aromatic heterocycles. The smallest absolute Gasteiger partial charge is 0.411 e. The Morgan fingerprint density at radius 3 is 1.80 bits per heavy atom. The zero-order valence-electron chi connectivity index (χ0n) is 10.6. The van der Waals surface area contributed by atoms with Crippen molar-refractivity contribution < 1.29 is 17.9 Å². The number of hydrogen-bond acceptors (Lipinski definition) is 1. The topological polar surface area (TPSA) is 9.23 Å². The number of methoxy groups -OCH3 is 1. The second-order valence-corrected chi connectivity index (χ2v) is 5.44. The number of benzene rings is 2. The van der Waals surface area contributed by atoms with Gasteiger partial charge in [0, 0.05) is 0 Å². The van der Waals surface area contributed by atoms with Gasteiger partial charge in [0.05, 0.1) is 7.11 Å². The summed E-state index contributed by atoms with van der Waals surface area (Å²) >= 11 is 2.90. The third-order valence-corrected chi connectivity index (χ3v) is 4.42. The minimum Gasteiger partial charge on any atom is -0.497 e. The molecule has 0 radical (unpaired) electrons.